The fraction of sp³-hybridized carbons (Fsp3) is 0.333. The molecule has 0 aliphatic carbocycles. The van der Waals surface area contributed by atoms with Gasteiger partial charge in [-0.1, -0.05) is 18.2 Å². The number of hydrogen-bond donors (Lipinski definition) is 1. The van der Waals surface area contributed by atoms with Crippen molar-refractivity contribution < 1.29 is 9.53 Å². The zero-order chi connectivity index (χ0) is 15.9. The van der Waals surface area contributed by atoms with Gasteiger partial charge in [0.1, 0.15) is 12.1 Å². The number of nitrogens with zero attached hydrogens (tertiary/aromatic N) is 2. The van der Waals surface area contributed by atoms with Gasteiger partial charge >= 0.3 is 0 Å². The molecule has 1 aliphatic rings. The van der Waals surface area contributed by atoms with Gasteiger partial charge in [-0.15, -0.1) is 0 Å². The van der Waals surface area contributed by atoms with Crippen molar-refractivity contribution in [1.29, 1.82) is 0 Å². The van der Waals surface area contributed by atoms with Gasteiger partial charge in [-0.3, -0.25) is 9.69 Å². The van der Waals surface area contributed by atoms with E-state index in [1.54, 1.807) is 6.07 Å². The van der Waals surface area contributed by atoms with E-state index < -0.39 is 0 Å². The highest BCUT2D eigenvalue weighted by molar-refractivity contribution is 5.78. The lowest BCUT2D eigenvalue weighted by atomic mass is 10.1. The Kier molecular flexibility index (Phi) is 5.34. The minimum Gasteiger partial charge on any atom is -0.379 e. The van der Waals surface area contributed by atoms with Crippen molar-refractivity contribution in [3.8, 4) is 11.1 Å². The zero-order valence-electron chi connectivity index (χ0n) is 13.1. The molecule has 5 nitrogen and oxygen atoms in total. The average Bonchev–Trinajstić information content (AvgIpc) is 2.63. The highest BCUT2D eigenvalue weighted by Gasteiger charge is 2.09. The second-order valence-corrected chi connectivity index (χ2v) is 5.56. The number of aromatic nitrogens is 1. The quantitative estimate of drug-likeness (QED) is 0.830. The molecule has 5 heteroatoms. The van der Waals surface area contributed by atoms with E-state index in [1.165, 1.54) is 0 Å². The maximum Gasteiger partial charge on any atom is 0.150 e. The van der Waals surface area contributed by atoms with Crippen LogP contribution in [0, 0.1) is 0 Å². The van der Waals surface area contributed by atoms with E-state index in [4.69, 9.17) is 4.74 Å². The Morgan fingerprint density at radius 1 is 1.17 bits per heavy atom. The predicted octanol–water partition coefficient (Wildman–Crippen LogP) is 2.31. The van der Waals surface area contributed by atoms with Crippen molar-refractivity contribution in [3.05, 3.63) is 48.2 Å². The molecule has 1 fully saturated rings. The van der Waals surface area contributed by atoms with Crippen LogP contribution in [0.15, 0.2) is 42.6 Å². The first-order valence-corrected chi connectivity index (χ1v) is 7.91. The number of nitrogens with one attached hydrogen (secondary N) is 1. The van der Waals surface area contributed by atoms with Crippen LogP contribution in [-0.4, -0.2) is 55.6 Å². The Balaban J connectivity index is 1.55. The van der Waals surface area contributed by atoms with Crippen molar-refractivity contribution in [2.24, 2.45) is 0 Å². The number of benzene rings is 1. The van der Waals surface area contributed by atoms with Gasteiger partial charge in [0.25, 0.3) is 0 Å². The molecular formula is C18H21N3O2. The molecule has 1 N–H and O–H groups in total. The lowest BCUT2D eigenvalue weighted by Crippen LogP contribution is -2.39. The summed E-state index contributed by atoms with van der Waals surface area (Å²) in [4.78, 5) is 17.7. The largest absolute Gasteiger partial charge is 0.379 e. The van der Waals surface area contributed by atoms with Crippen molar-refractivity contribution in [3.63, 3.8) is 0 Å². The molecule has 0 saturated carbocycles. The number of ether oxygens (including phenoxy) is 1. The normalized spacial score (nSPS) is 15.3. The van der Waals surface area contributed by atoms with Crippen molar-refractivity contribution in [1.82, 2.24) is 9.88 Å². The van der Waals surface area contributed by atoms with Gasteiger partial charge in [-0.25, -0.2) is 4.98 Å². The summed E-state index contributed by atoms with van der Waals surface area (Å²) in [6, 6.07) is 11.5. The molecule has 0 radical (unpaired) electrons. The van der Waals surface area contributed by atoms with Gasteiger partial charge in [0, 0.05) is 43.5 Å². The summed E-state index contributed by atoms with van der Waals surface area (Å²) in [5.74, 6) is 0.869. The van der Waals surface area contributed by atoms with Gasteiger partial charge < -0.3 is 10.1 Å². The molecule has 1 aliphatic heterocycles. The van der Waals surface area contributed by atoms with Gasteiger partial charge in [0.2, 0.25) is 0 Å². The monoisotopic (exact) mass is 311 g/mol. The summed E-state index contributed by atoms with van der Waals surface area (Å²) in [6.07, 6.45) is 2.69. The Bertz CT molecular complexity index is 637. The van der Waals surface area contributed by atoms with Crippen LogP contribution in [0.3, 0.4) is 0 Å². The maximum atomic E-state index is 10.9. The molecule has 2 heterocycles. The number of carbonyl (C=O) groups is 1. The second-order valence-electron chi connectivity index (χ2n) is 5.56. The first-order valence-electron chi connectivity index (χ1n) is 7.91. The summed E-state index contributed by atoms with van der Waals surface area (Å²) in [7, 11) is 0. The number of morpholine rings is 1. The highest BCUT2D eigenvalue weighted by atomic mass is 16.5. The lowest BCUT2D eigenvalue weighted by Gasteiger charge is -2.26. The topological polar surface area (TPSA) is 54.5 Å². The summed E-state index contributed by atoms with van der Waals surface area (Å²) < 4.78 is 5.34. The summed E-state index contributed by atoms with van der Waals surface area (Å²) in [5, 5.41) is 3.34. The van der Waals surface area contributed by atoms with Gasteiger partial charge in [0.05, 0.1) is 13.2 Å². The Morgan fingerprint density at radius 3 is 2.78 bits per heavy atom. The number of carbonyl (C=O) groups excluding carboxylic acids is 1. The second kappa shape index (κ2) is 7.85. The number of rotatable bonds is 6. The predicted molar refractivity (Wildman–Crippen MR) is 90.8 cm³/mol. The Morgan fingerprint density at radius 2 is 2.04 bits per heavy atom. The van der Waals surface area contributed by atoms with Crippen LogP contribution in [0.5, 0.6) is 0 Å². The molecule has 0 spiro atoms. The molecule has 23 heavy (non-hydrogen) atoms. The number of aldehydes is 1. The van der Waals surface area contributed by atoms with Gasteiger partial charge in [-0.2, -0.15) is 0 Å². The van der Waals surface area contributed by atoms with Gasteiger partial charge in [0.15, 0.2) is 0 Å². The molecular weight excluding hydrogens is 290 g/mol. The van der Waals surface area contributed by atoms with Crippen LogP contribution in [-0.2, 0) is 4.74 Å². The third-order valence-corrected chi connectivity index (χ3v) is 3.96. The highest BCUT2D eigenvalue weighted by Crippen LogP contribution is 2.20. The van der Waals surface area contributed by atoms with E-state index in [0.29, 0.717) is 5.56 Å². The number of pyridine rings is 1. The van der Waals surface area contributed by atoms with E-state index in [1.807, 2.05) is 36.5 Å². The molecule has 1 saturated heterocycles. The van der Waals surface area contributed by atoms with E-state index in [9.17, 15) is 4.79 Å². The fourth-order valence-corrected chi connectivity index (χ4v) is 2.63. The Labute approximate surface area is 136 Å². The van der Waals surface area contributed by atoms with E-state index in [-0.39, 0.29) is 0 Å². The molecule has 3 rings (SSSR count). The first kappa shape index (κ1) is 15.6. The minimum atomic E-state index is 0.676. The fourth-order valence-electron chi connectivity index (χ4n) is 2.63. The molecule has 0 amide bonds. The number of hydrogen-bond acceptors (Lipinski definition) is 5. The smallest absolute Gasteiger partial charge is 0.150 e. The molecule has 0 bridgehead atoms. The van der Waals surface area contributed by atoms with Crippen LogP contribution in [0.1, 0.15) is 10.4 Å². The third kappa shape index (κ3) is 4.37. The average molecular weight is 311 g/mol. The minimum absolute atomic E-state index is 0.676. The van der Waals surface area contributed by atoms with Gasteiger partial charge in [-0.05, 0) is 23.8 Å². The van der Waals surface area contributed by atoms with Crippen LogP contribution in [0.2, 0.25) is 0 Å². The first-order chi connectivity index (χ1) is 11.3. The maximum absolute atomic E-state index is 10.9. The molecule has 1 aromatic carbocycles. The molecule has 0 atom stereocenters. The van der Waals surface area contributed by atoms with E-state index in [0.717, 1.165) is 62.6 Å². The molecule has 1 aromatic heterocycles. The summed E-state index contributed by atoms with van der Waals surface area (Å²) >= 11 is 0. The zero-order valence-corrected chi connectivity index (χ0v) is 13.1. The van der Waals surface area contributed by atoms with E-state index >= 15 is 0 Å². The van der Waals surface area contributed by atoms with Crippen LogP contribution < -0.4 is 5.32 Å². The van der Waals surface area contributed by atoms with Crippen molar-refractivity contribution in [2.75, 3.05) is 44.7 Å². The van der Waals surface area contributed by atoms with Crippen LogP contribution in [0.25, 0.3) is 11.1 Å². The number of anilines is 1. The van der Waals surface area contributed by atoms with Crippen molar-refractivity contribution >= 4 is 12.1 Å². The van der Waals surface area contributed by atoms with Crippen LogP contribution in [0.4, 0.5) is 5.82 Å². The summed E-state index contributed by atoms with van der Waals surface area (Å²) in [6.45, 7) is 5.52. The molecule has 120 valence electrons. The van der Waals surface area contributed by atoms with Crippen LogP contribution >= 0.6 is 0 Å². The SMILES string of the molecule is O=Cc1cccc(-c2ccc(NCCN3CCOCC3)nc2)c1. The standard InChI is InChI=1S/C18H21N3O2/c22-14-15-2-1-3-16(12-15)17-4-5-18(20-13-17)19-6-7-21-8-10-23-11-9-21/h1-5,12-14H,6-11H2,(H,19,20). The summed E-state index contributed by atoms with van der Waals surface area (Å²) in [5.41, 5.74) is 2.68. The molecule has 0 unspecified atom stereocenters. The van der Waals surface area contributed by atoms with E-state index in [2.05, 4.69) is 15.2 Å². The van der Waals surface area contributed by atoms with Crippen molar-refractivity contribution in [2.45, 2.75) is 0 Å². The molecule has 2 aromatic rings. The lowest BCUT2D eigenvalue weighted by molar-refractivity contribution is 0.0398. The third-order valence-electron chi connectivity index (χ3n) is 3.96. The Hall–Kier alpha value is -2.24.